The average Bonchev–Trinajstić information content (AvgIpc) is 3.54. The normalized spacial score (nSPS) is 20.7. The summed E-state index contributed by atoms with van der Waals surface area (Å²) in [5.41, 5.74) is 5.31. The molecule has 6 aromatic rings. The Kier molecular flexibility index (Phi) is 10.4. The number of amides is 2. The number of hydrogen-bond donors (Lipinski definition) is 5. The highest BCUT2D eigenvalue weighted by Crippen LogP contribution is 2.53. The Bertz CT molecular complexity index is 2900. The van der Waals surface area contributed by atoms with Crippen molar-refractivity contribution in [2.45, 2.75) is 83.9 Å². The zero-order valence-electron chi connectivity index (χ0n) is 36.0. The number of nitrogens with zero attached hydrogens (tertiary/aromatic N) is 6. The number of ether oxygens (including phenoxy) is 1. The van der Waals surface area contributed by atoms with Crippen molar-refractivity contribution in [1.82, 2.24) is 33.7 Å². The summed E-state index contributed by atoms with van der Waals surface area (Å²) >= 11 is 0. The number of carbonyl (C=O) groups is 2. The van der Waals surface area contributed by atoms with Gasteiger partial charge in [-0.25, -0.2) is 18.7 Å². The van der Waals surface area contributed by atoms with Gasteiger partial charge in [-0.05, 0) is 117 Å². The van der Waals surface area contributed by atoms with Gasteiger partial charge in [0, 0.05) is 72.9 Å². The number of carboxylic acid groups (broad SMARTS) is 1. The SMILES string of the molecule is CC[C@H]1C[C@@H](c2ccc3c(c2)cc(C(=O)N2CCc4nn(-c5cc(C)c(F)c(C)c5)c(-n5ccn(-c6ccc(NC)c(C=N)c6)c5=O)c4C2)n3[C@@]2(C(=N)NC(=O)O)C[C@@H]2C)CCO1. The lowest BCUT2D eigenvalue weighted by Gasteiger charge is -2.30. The molecule has 15 nitrogen and oxygen atoms in total. The van der Waals surface area contributed by atoms with Gasteiger partial charge in [0.25, 0.3) is 5.91 Å². The third-order valence-electron chi connectivity index (χ3n) is 13.4. The Morgan fingerprint density at radius 1 is 1.06 bits per heavy atom. The van der Waals surface area contributed by atoms with E-state index in [4.69, 9.17) is 20.7 Å². The number of aryl methyl sites for hydroxylation is 2. The molecule has 3 aromatic carbocycles. The van der Waals surface area contributed by atoms with E-state index in [0.29, 0.717) is 76.8 Å². The summed E-state index contributed by atoms with van der Waals surface area (Å²) in [5, 5.41) is 37.9. The highest BCUT2D eigenvalue weighted by atomic mass is 19.1. The number of amidine groups is 1. The summed E-state index contributed by atoms with van der Waals surface area (Å²) in [6, 6.07) is 16.8. The first-order valence-corrected chi connectivity index (χ1v) is 21.4. The number of nitrogens with one attached hydrogen (secondary N) is 4. The minimum absolute atomic E-state index is 0.0791. The van der Waals surface area contributed by atoms with Crippen LogP contribution in [0.15, 0.2) is 71.8 Å². The highest BCUT2D eigenvalue weighted by Gasteiger charge is 2.59. The zero-order chi connectivity index (χ0) is 44.5. The molecule has 326 valence electrons. The molecule has 4 atom stereocenters. The van der Waals surface area contributed by atoms with E-state index in [0.717, 1.165) is 41.4 Å². The van der Waals surface area contributed by atoms with Gasteiger partial charge in [0.15, 0.2) is 0 Å². The second kappa shape index (κ2) is 15.8. The predicted molar refractivity (Wildman–Crippen MR) is 238 cm³/mol. The van der Waals surface area contributed by atoms with E-state index < -0.39 is 17.3 Å². The first kappa shape index (κ1) is 41.5. The van der Waals surface area contributed by atoms with Gasteiger partial charge >= 0.3 is 11.8 Å². The molecule has 63 heavy (non-hydrogen) atoms. The van der Waals surface area contributed by atoms with Crippen LogP contribution >= 0.6 is 0 Å². The van der Waals surface area contributed by atoms with Gasteiger partial charge in [0.2, 0.25) is 0 Å². The van der Waals surface area contributed by atoms with Gasteiger partial charge in [-0.2, -0.15) is 5.10 Å². The van der Waals surface area contributed by atoms with Gasteiger partial charge in [-0.3, -0.25) is 24.7 Å². The molecule has 5 heterocycles. The van der Waals surface area contributed by atoms with Crippen LogP contribution in [0.4, 0.5) is 14.9 Å². The minimum Gasteiger partial charge on any atom is -0.465 e. The lowest BCUT2D eigenvalue weighted by atomic mass is 9.87. The van der Waals surface area contributed by atoms with Gasteiger partial charge in [-0.15, -0.1) is 0 Å². The van der Waals surface area contributed by atoms with Crippen LogP contribution in [0.2, 0.25) is 0 Å². The fourth-order valence-electron chi connectivity index (χ4n) is 9.89. The summed E-state index contributed by atoms with van der Waals surface area (Å²) in [6.45, 7) is 8.49. The molecule has 16 heteroatoms. The van der Waals surface area contributed by atoms with Gasteiger partial charge in [0.05, 0.1) is 29.7 Å². The number of halogens is 1. The number of rotatable bonds is 10. The van der Waals surface area contributed by atoms with Crippen LogP contribution < -0.4 is 16.3 Å². The smallest absolute Gasteiger partial charge is 0.410 e. The summed E-state index contributed by atoms with van der Waals surface area (Å²) in [4.78, 5) is 43.4. The molecule has 0 radical (unpaired) electrons. The van der Waals surface area contributed by atoms with Crippen LogP contribution in [0.3, 0.4) is 0 Å². The molecular weight excluding hydrogens is 804 g/mol. The maximum absolute atomic E-state index is 15.2. The van der Waals surface area contributed by atoms with Crippen LogP contribution in [0.1, 0.15) is 89.4 Å². The summed E-state index contributed by atoms with van der Waals surface area (Å²) in [6.07, 6.45) is 6.86. The molecule has 5 N–H and O–H groups in total. The first-order chi connectivity index (χ1) is 30.3. The predicted octanol–water partition coefficient (Wildman–Crippen LogP) is 7.41. The van der Waals surface area contributed by atoms with Crippen molar-refractivity contribution in [2.75, 3.05) is 25.5 Å². The van der Waals surface area contributed by atoms with Crippen molar-refractivity contribution in [3.05, 3.63) is 122 Å². The van der Waals surface area contributed by atoms with Gasteiger partial charge < -0.3 is 30.0 Å². The Hall–Kier alpha value is -6.81. The van der Waals surface area contributed by atoms with E-state index in [1.807, 2.05) is 23.6 Å². The molecule has 2 fully saturated rings. The third kappa shape index (κ3) is 6.92. The lowest BCUT2D eigenvalue weighted by Crippen LogP contribution is -2.44. The van der Waals surface area contributed by atoms with Crippen LogP contribution in [0.25, 0.3) is 28.1 Å². The second-order valence-corrected chi connectivity index (χ2v) is 17.2. The van der Waals surface area contributed by atoms with Crippen molar-refractivity contribution in [1.29, 1.82) is 10.8 Å². The Morgan fingerprint density at radius 3 is 2.49 bits per heavy atom. The number of aromatic nitrogens is 5. The first-order valence-electron chi connectivity index (χ1n) is 21.4. The Balaban J connectivity index is 1.16. The van der Waals surface area contributed by atoms with E-state index in [-0.39, 0.29) is 42.0 Å². The van der Waals surface area contributed by atoms with E-state index >= 15 is 9.18 Å². The van der Waals surface area contributed by atoms with Crippen molar-refractivity contribution in [3.63, 3.8) is 0 Å². The summed E-state index contributed by atoms with van der Waals surface area (Å²) in [5.74, 6) is -0.287. The molecule has 3 aliphatic rings. The van der Waals surface area contributed by atoms with Crippen molar-refractivity contribution < 1.29 is 23.8 Å². The molecule has 1 aliphatic carbocycles. The molecule has 0 unspecified atom stereocenters. The summed E-state index contributed by atoms with van der Waals surface area (Å²) < 4.78 is 27.5. The molecule has 2 aliphatic heterocycles. The molecular formula is C47H51FN10O5. The van der Waals surface area contributed by atoms with Crippen molar-refractivity contribution in [2.24, 2.45) is 5.92 Å². The molecule has 9 rings (SSSR count). The average molecular weight is 855 g/mol. The van der Waals surface area contributed by atoms with Gasteiger partial charge in [0.1, 0.15) is 28.7 Å². The number of fused-ring (bicyclic) bond motifs is 2. The number of benzene rings is 3. The summed E-state index contributed by atoms with van der Waals surface area (Å²) in [7, 11) is 1.76. The second-order valence-electron chi connectivity index (χ2n) is 17.2. The zero-order valence-corrected chi connectivity index (χ0v) is 36.0. The van der Waals surface area contributed by atoms with Gasteiger partial charge in [-0.1, -0.05) is 19.9 Å². The third-order valence-corrected chi connectivity index (χ3v) is 13.4. The standard InChI is InChI=1S/C47H51FN10O5/c1-6-35-21-30(12-16-63-35)29-7-10-39-31(19-29)22-40(57(39)47(23-28(47)4)44(50)52-45(60)61)43(59)54-13-11-38-36(25-54)42(58(53-38)34-17-26(2)41(48)27(3)18-34)56-15-14-55(46(56)62)33-8-9-37(51-5)32(20-33)24-49/h7-10,14-15,17-20,22,24,28,30,35,49,51H,6,11-13,16,21,23,25H2,1-5H3,(H2,50,52)(H,60,61)/t28-,30-,35-,47-/m0/s1. The molecule has 2 amide bonds. The minimum atomic E-state index is -1.34. The quantitative estimate of drug-likeness (QED) is 0.0701. The largest absolute Gasteiger partial charge is 0.465 e. The van der Waals surface area contributed by atoms with Crippen molar-refractivity contribution in [3.8, 4) is 17.2 Å². The fraction of sp³-hybridized carbons (Fsp3) is 0.362. The molecule has 1 saturated heterocycles. The highest BCUT2D eigenvalue weighted by molar-refractivity contribution is 6.05. The Morgan fingerprint density at radius 2 is 1.81 bits per heavy atom. The number of carbonyl (C=O) groups excluding carboxylic acids is 1. The maximum atomic E-state index is 15.2. The Labute approximate surface area is 363 Å². The molecule has 1 saturated carbocycles. The monoisotopic (exact) mass is 854 g/mol. The van der Waals surface area contributed by atoms with E-state index in [1.165, 1.54) is 15.3 Å². The van der Waals surface area contributed by atoms with E-state index in [9.17, 15) is 14.7 Å². The number of hydrogen-bond acceptors (Lipinski definition) is 8. The van der Waals surface area contributed by atoms with Crippen LogP contribution in [0.5, 0.6) is 0 Å². The van der Waals surface area contributed by atoms with E-state index in [1.54, 1.807) is 73.2 Å². The topological polar surface area (TPSA) is 188 Å². The maximum Gasteiger partial charge on any atom is 0.410 e. The van der Waals surface area contributed by atoms with Crippen molar-refractivity contribution >= 4 is 40.6 Å². The molecule has 3 aromatic heterocycles. The number of anilines is 1. The van der Waals surface area contributed by atoms with Crippen LogP contribution in [0, 0.1) is 36.4 Å². The fourth-order valence-corrected chi connectivity index (χ4v) is 9.89. The molecule has 0 spiro atoms. The lowest BCUT2D eigenvalue weighted by molar-refractivity contribution is 0.00486. The molecule has 0 bridgehead atoms. The van der Waals surface area contributed by atoms with E-state index in [2.05, 4.69) is 29.7 Å². The van der Waals surface area contributed by atoms with Crippen LogP contribution in [-0.2, 0) is 23.2 Å². The van der Waals surface area contributed by atoms with Crippen LogP contribution in [-0.4, -0.2) is 83.8 Å². The number of imidazole rings is 1.